The predicted octanol–water partition coefficient (Wildman–Crippen LogP) is 2.69. The second-order valence-electron chi connectivity index (χ2n) is 6.58. The van der Waals surface area contributed by atoms with E-state index in [2.05, 4.69) is 34.3 Å². The Morgan fingerprint density at radius 2 is 2.12 bits per heavy atom. The number of methoxy groups -OCH3 is 2. The van der Waals surface area contributed by atoms with Crippen molar-refractivity contribution in [1.29, 1.82) is 0 Å². The summed E-state index contributed by atoms with van der Waals surface area (Å²) in [4.78, 5) is 7.00. The molecule has 24 heavy (non-hydrogen) atoms. The summed E-state index contributed by atoms with van der Waals surface area (Å²) in [5.74, 6) is 1.47. The molecule has 5 nitrogen and oxygen atoms in total. The Labute approximate surface area is 144 Å². The number of pyridine rings is 1. The van der Waals surface area contributed by atoms with E-state index in [1.165, 1.54) is 12.1 Å². The van der Waals surface area contributed by atoms with E-state index in [1.54, 1.807) is 14.2 Å². The molecule has 1 N–H and O–H groups in total. The first kappa shape index (κ1) is 17.0. The molecule has 2 heterocycles. The standard InChI is InChI=1S/C19H27N3O2/c1-14-11-15(20-9-10-23-2)13-22(12-14)17-6-7-18(24-3)19-16(17)5-4-8-21-19/h4-8,14-15,20H,9-13H2,1-3H3/t14-,15+/m0/s1. The van der Waals surface area contributed by atoms with Crippen LogP contribution in [0.3, 0.4) is 0 Å². The molecule has 0 aliphatic carbocycles. The van der Waals surface area contributed by atoms with Crippen LogP contribution in [0.5, 0.6) is 5.75 Å². The summed E-state index contributed by atoms with van der Waals surface area (Å²) < 4.78 is 10.6. The lowest BCUT2D eigenvalue weighted by atomic mass is 9.95. The van der Waals surface area contributed by atoms with Gasteiger partial charge in [-0.3, -0.25) is 4.98 Å². The highest BCUT2D eigenvalue weighted by atomic mass is 16.5. The van der Waals surface area contributed by atoms with Crippen LogP contribution in [-0.4, -0.2) is 51.5 Å². The lowest BCUT2D eigenvalue weighted by molar-refractivity contribution is 0.192. The Balaban J connectivity index is 1.86. The van der Waals surface area contributed by atoms with E-state index in [0.717, 1.165) is 42.9 Å². The van der Waals surface area contributed by atoms with E-state index in [-0.39, 0.29) is 0 Å². The highest BCUT2D eigenvalue weighted by Gasteiger charge is 2.26. The lowest BCUT2D eigenvalue weighted by Crippen LogP contribution is -2.49. The molecular weight excluding hydrogens is 302 g/mol. The summed E-state index contributed by atoms with van der Waals surface area (Å²) in [6.45, 7) is 6.04. The molecule has 130 valence electrons. The average molecular weight is 329 g/mol. The topological polar surface area (TPSA) is 46.6 Å². The zero-order chi connectivity index (χ0) is 16.9. The highest BCUT2D eigenvalue weighted by Crippen LogP contribution is 2.34. The normalized spacial score (nSPS) is 21.2. The highest BCUT2D eigenvalue weighted by molar-refractivity contribution is 5.95. The zero-order valence-electron chi connectivity index (χ0n) is 14.8. The number of hydrogen-bond acceptors (Lipinski definition) is 5. The third-order valence-electron chi connectivity index (χ3n) is 4.67. The van der Waals surface area contributed by atoms with Crippen LogP contribution < -0.4 is 15.0 Å². The van der Waals surface area contributed by atoms with Gasteiger partial charge in [0.15, 0.2) is 0 Å². The first-order valence-electron chi connectivity index (χ1n) is 8.62. The van der Waals surface area contributed by atoms with E-state index in [4.69, 9.17) is 9.47 Å². The van der Waals surface area contributed by atoms with Crippen LogP contribution in [0, 0.1) is 5.92 Å². The summed E-state index contributed by atoms with van der Waals surface area (Å²) in [5.41, 5.74) is 2.17. The number of hydrogen-bond donors (Lipinski definition) is 1. The molecule has 0 spiro atoms. The molecule has 1 aliphatic heterocycles. The van der Waals surface area contributed by atoms with E-state index in [0.29, 0.717) is 12.0 Å². The van der Waals surface area contributed by atoms with Crippen molar-refractivity contribution in [2.45, 2.75) is 19.4 Å². The smallest absolute Gasteiger partial charge is 0.145 e. The number of aromatic nitrogens is 1. The van der Waals surface area contributed by atoms with Crippen LogP contribution >= 0.6 is 0 Å². The molecule has 1 aromatic carbocycles. The van der Waals surface area contributed by atoms with Crippen LogP contribution in [-0.2, 0) is 4.74 Å². The second kappa shape index (κ2) is 7.81. The molecule has 0 saturated carbocycles. The van der Waals surface area contributed by atoms with E-state index in [1.807, 2.05) is 18.3 Å². The molecule has 1 saturated heterocycles. The summed E-state index contributed by atoms with van der Waals surface area (Å²) in [7, 11) is 3.44. The van der Waals surface area contributed by atoms with Gasteiger partial charge in [0.25, 0.3) is 0 Å². The Morgan fingerprint density at radius 1 is 1.25 bits per heavy atom. The van der Waals surface area contributed by atoms with Crippen LogP contribution in [0.4, 0.5) is 5.69 Å². The monoisotopic (exact) mass is 329 g/mol. The Morgan fingerprint density at radius 3 is 2.92 bits per heavy atom. The first-order valence-corrected chi connectivity index (χ1v) is 8.62. The number of anilines is 1. The Bertz CT molecular complexity index is 677. The van der Waals surface area contributed by atoms with Crippen LogP contribution in [0.1, 0.15) is 13.3 Å². The minimum Gasteiger partial charge on any atom is -0.494 e. The van der Waals surface area contributed by atoms with Crippen LogP contribution in [0.25, 0.3) is 10.9 Å². The first-order chi connectivity index (χ1) is 11.7. The predicted molar refractivity (Wildman–Crippen MR) is 98.0 cm³/mol. The van der Waals surface area contributed by atoms with Crippen molar-refractivity contribution in [3.05, 3.63) is 30.5 Å². The minimum absolute atomic E-state index is 0.484. The fraction of sp³-hybridized carbons (Fsp3) is 0.526. The molecule has 3 rings (SSSR count). The molecule has 0 bridgehead atoms. The van der Waals surface area contributed by atoms with Crippen molar-refractivity contribution in [1.82, 2.24) is 10.3 Å². The summed E-state index contributed by atoms with van der Waals surface area (Å²) in [6.07, 6.45) is 3.02. The van der Waals surface area contributed by atoms with E-state index in [9.17, 15) is 0 Å². The maximum Gasteiger partial charge on any atom is 0.145 e. The third-order valence-corrected chi connectivity index (χ3v) is 4.67. The van der Waals surface area contributed by atoms with Crippen molar-refractivity contribution >= 4 is 16.6 Å². The summed E-state index contributed by atoms with van der Waals surface area (Å²) in [6, 6.07) is 8.79. The SMILES string of the molecule is COCCN[C@@H]1C[C@H](C)CN(c2ccc(OC)c3ncccc23)C1. The van der Waals surface area contributed by atoms with Crippen molar-refractivity contribution < 1.29 is 9.47 Å². The summed E-state index contributed by atoms with van der Waals surface area (Å²) >= 11 is 0. The molecule has 1 fully saturated rings. The number of nitrogens with one attached hydrogen (secondary N) is 1. The number of rotatable bonds is 6. The number of nitrogens with zero attached hydrogens (tertiary/aromatic N) is 2. The van der Waals surface area contributed by atoms with Gasteiger partial charge in [-0.2, -0.15) is 0 Å². The van der Waals surface area contributed by atoms with Gasteiger partial charge in [-0.25, -0.2) is 0 Å². The van der Waals surface area contributed by atoms with Gasteiger partial charge in [-0.15, -0.1) is 0 Å². The molecule has 5 heteroatoms. The van der Waals surface area contributed by atoms with Gasteiger partial charge >= 0.3 is 0 Å². The molecule has 0 unspecified atom stereocenters. The van der Waals surface area contributed by atoms with Gasteiger partial charge in [0, 0.05) is 50.1 Å². The van der Waals surface area contributed by atoms with Crippen molar-refractivity contribution in [2.24, 2.45) is 5.92 Å². The van der Waals surface area contributed by atoms with Crippen LogP contribution in [0.2, 0.25) is 0 Å². The third kappa shape index (κ3) is 3.62. The van der Waals surface area contributed by atoms with Gasteiger partial charge in [0.2, 0.25) is 0 Å². The van der Waals surface area contributed by atoms with Gasteiger partial charge in [0.1, 0.15) is 11.3 Å². The Hall–Kier alpha value is -1.85. The van der Waals surface area contributed by atoms with Gasteiger partial charge < -0.3 is 19.7 Å². The van der Waals surface area contributed by atoms with Crippen molar-refractivity contribution in [3.8, 4) is 5.75 Å². The van der Waals surface area contributed by atoms with Gasteiger partial charge in [0.05, 0.1) is 13.7 Å². The molecular formula is C19H27N3O2. The summed E-state index contributed by atoms with van der Waals surface area (Å²) in [5, 5.41) is 4.77. The lowest BCUT2D eigenvalue weighted by Gasteiger charge is -2.39. The van der Waals surface area contributed by atoms with Crippen molar-refractivity contribution in [3.63, 3.8) is 0 Å². The maximum atomic E-state index is 5.47. The maximum absolute atomic E-state index is 5.47. The van der Waals surface area contributed by atoms with Gasteiger partial charge in [-0.05, 0) is 36.6 Å². The molecule has 1 aliphatic rings. The van der Waals surface area contributed by atoms with E-state index >= 15 is 0 Å². The van der Waals surface area contributed by atoms with E-state index < -0.39 is 0 Å². The molecule has 0 amide bonds. The molecule has 1 aromatic heterocycles. The number of benzene rings is 1. The number of fused-ring (bicyclic) bond motifs is 1. The number of piperidine rings is 1. The van der Waals surface area contributed by atoms with Crippen LogP contribution in [0.15, 0.2) is 30.5 Å². The van der Waals surface area contributed by atoms with Gasteiger partial charge in [-0.1, -0.05) is 6.92 Å². The fourth-order valence-electron chi connectivity index (χ4n) is 3.63. The molecule has 2 atom stereocenters. The largest absolute Gasteiger partial charge is 0.494 e. The zero-order valence-corrected chi connectivity index (χ0v) is 14.8. The molecule has 2 aromatic rings. The van der Waals surface area contributed by atoms with Crippen molar-refractivity contribution in [2.75, 3.05) is 45.4 Å². The Kier molecular flexibility index (Phi) is 5.53. The average Bonchev–Trinajstić information content (AvgIpc) is 2.60. The minimum atomic E-state index is 0.484. The quantitative estimate of drug-likeness (QED) is 0.826. The second-order valence-corrected chi connectivity index (χ2v) is 6.58. The number of ether oxygens (including phenoxy) is 2. The molecule has 0 radical (unpaired) electrons. The fourth-order valence-corrected chi connectivity index (χ4v) is 3.63.